The number of benzene rings is 2. The first-order chi connectivity index (χ1) is 17.0. The summed E-state index contributed by atoms with van der Waals surface area (Å²) in [6.45, 7) is 0.972. The largest absolute Gasteiger partial charge is 0.479 e. The lowest BCUT2D eigenvalue weighted by atomic mass is 9.75. The van der Waals surface area contributed by atoms with E-state index in [2.05, 4.69) is 29.6 Å². The first kappa shape index (κ1) is 23.4. The van der Waals surface area contributed by atoms with Crippen LogP contribution in [0, 0.1) is 11.8 Å². The predicted octanol–water partition coefficient (Wildman–Crippen LogP) is 3.25. The quantitative estimate of drug-likeness (QED) is 0.633. The van der Waals surface area contributed by atoms with Crippen LogP contribution in [0.4, 0.5) is 4.79 Å². The molecule has 184 valence electrons. The van der Waals surface area contributed by atoms with Crippen molar-refractivity contribution in [3.05, 3.63) is 59.7 Å². The van der Waals surface area contributed by atoms with Gasteiger partial charge in [-0.25, -0.2) is 9.59 Å². The minimum absolute atomic E-state index is 0.0292. The third-order valence-electron chi connectivity index (χ3n) is 7.50. The Hall–Kier alpha value is -3.39. The number of rotatable bonds is 7. The van der Waals surface area contributed by atoms with Gasteiger partial charge in [-0.05, 0) is 41.0 Å². The number of alkyl carbamates (subject to hydrolysis) is 1. The molecule has 0 aromatic heterocycles. The van der Waals surface area contributed by atoms with E-state index in [4.69, 9.17) is 9.47 Å². The fourth-order valence-electron chi connectivity index (χ4n) is 5.37. The summed E-state index contributed by atoms with van der Waals surface area (Å²) in [6, 6.07) is 16.3. The van der Waals surface area contributed by atoms with Crippen molar-refractivity contribution in [3.63, 3.8) is 0 Å². The zero-order chi connectivity index (χ0) is 24.4. The number of fused-ring (bicyclic) bond motifs is 3. The number of amides is 2. The molecular weight excluding hydrogens is 448 g/mol. The van der Waals surface area contributed by atoms with E-state index >= 15 is 0 Å². The molecule has 2 amide bonds. The molecule has 2 N–H and O–H groups in total. The van der Waals surface area contributed by atoms with Crippen LogP contribution >= 0.6 is 0 Å². The minimum Gasteiger partial charge on any atom is -0.479 e. The summed E-state index contributed by atoms with van der Waals surface area (Å²) >= 11 is 0. The number of nitrogens with zero attached hydrogens (tertiary/aromatic N) is 1. The highest BCUT2D eigenvalue weighted by Crippen LogP contribution is 2.44. The van der Waals surface area contributed by atoms with Crippen LogP contribution in [0.5, 0.6) is 0 Å². The van der Waals surface area contributed by atoms with Gasteiger partial charge in [0.1, 0.15) is 6.61 Å². The van der Waals surface area contributed by atoms with Gasteiger partial charge in [0, 0.05) is 19.0 Å². The molecular formula is C27H30N2O6. The van der Waals surface area contributed by atoms with Crippen LogP contribution in [0.15, 0.2) is 48.5 Å². The van der Waals surface area contributed by atoms with Gasteiger partial charge in [0.2, 0.25) is 5.91 Å². The van der Waals surface area contributed by atoms with E-state index in [1.165, 1.54) is 0 Å². The molecule has 2 fully saturated rings. The Morgan fingerprint density at radius 3 is 2.31 bits per heavy atom. The summed E-state index contributed by atoms with van der Waals surface area (Å²) in [6.07, 6.45) is 1.35. The fraction of sp³-hybridized carbons (Fsp3) is 0.444. The molecule has 1 saturated carbocycles. The number of morpholine rings is 1. The van der Waals surface area contributed by atoms with Crippen LogP contribution < -0.4 is 5.32 Å². The van der Waals surface area contributed by atoms with Gasteiger partial charge in [-0.15, -0.1) is 0 Å². The normalized spacial score (nSPS) is 20.3. The summed E-state index contributed by atoms with van der Waals surface area (Å²) < 4.78 is 10.9. The monoisotopic (exact) mass is 478 g/mol. The highest BCUT2D eigenvalue weighted by molar-refractivity contribution is 5.82. The maximum absolute atomic E-state index is 13.2. The number of carboxylic acids is 1. The topological polar surface area (TPSA) is 105 Å². The molecule has 35 heavy (non-hydrogen) atoms. The molecule has 2 unspecified atom stereocenters. The van der Waals surface area contributed by atoms with Crippen molar-refractivity contribution in [1.29, 1.82) is 0 Å². The number of ether oxygens (including phenoxy) is 2. The molecule has 1 aliphatic heterocycles. The summed E-state index contributed by atoms with van der Waals surface area (Å²) in [4.78, 5) is 38.7. The second-order valence-corrected chi connectivity index (χ2v) is 9.49. The zero-order valence-corrected chi connectivity index (χ0v) is 19.5. The van der Waals surface area contributed by atoms with Gasteiger partial charge >= 0.3 is 12.1 Å². The Bertz CT molecular complexity index is 1070. The third-order valence-corrected chi connectivity index (χ3v) is 7.50. The first-order valence-corrected chi connectivity index (χ1v) is 12.2. The minimum atomic E-state index is -1.07. The molecule has 0 spiro atoms. The van der Waals surface area contributed by atoms with Gasteiger partial charge < -0.3 is 24.8 Å². The highest BCUT2D eigenvalue weighted by atomic mass is 16.5. The molecule has 2 aliphatic carbocycles. The van der Waals surface area contributed by atoms with Crippen LogP contribution in [-0.2, 0) is 19.1 Å². The van der Waals surface area contributed by atoms with Crippen LogP contribution in [0.2, 0.25) is 0 Å². The number of hydrogen-bond acceptors (Lipinski definition) is 5. The number of nitrogens with one attached hydrogen (secondary N) is 1. The fourth-order valence-corrected chi connectivity index (χ4v) is 5.37. The molecule has 2 aromatic rings. The summed E-state index contributed by atoms with van der Waals surface area (Å²) in [5, 5.41) is 12.1. The average molecular weight is 479 g/mol. The second kappa shape index (κ2) is 10.1. The van der Waals surface area contributed by atoms with Crippen molar-refractivity contribution in [2.24, 2.45) is 11.8 Å². The van der Waals surface area contributed by atoms with E-state index in [0.717, 1.165) is 41.5 Å². The van der Waals surface area contributed by atoms with Gasteiger partial charge in [-0.2, -0.15) is 0 Å². The number of aliphatic carboxylic acids is 1. The van der Waals surface area contributed by atoms with Crippen molar-refractivity contribution in [2.45, 2.75) is 31.3 Å². The van der Waals surface area contributed by atoms with Crippen molar-refractivity contribution < 1.29 is 29.0 Å². The molecule has 0 radical (unpaired) electrons. The van der Waals surface area contributed by atoms with Gasteiger partial charge in [0.05, 0.1) is 19.1 Å². The van der Waals surface area contributed by atoms with E-state index in [-0.39, 0.29) is 44.0 Å². The van der Waals surface area contributed by atoms with Crippen molar-refractivity contribution in [2.75, 3.05) is 32.8 Å². The molecule has 0 bridgehead atoms. The Labute approximate surface area is 204 Å². The molecule has 3 aliphatic rings. The Morgan fingerprint density at radius 2 is 1.71 bits per heavy atom. The van der Waals surface area contributed by atoms with Crippen LogP contribution in [0.3, 0.4) is 0 Å². The van der Waals surface area contributed by atoms with Gasteiger partial charge in [0.15, 0.2) is 6.10 Å². The van der Waals surface area contributed by atoms with Gasteiger partial charge in [0.25, 0.3) is 0 Å². The second-order valence-electron chi connectivity index (χ2n) is 9.49. The summed E-state index contributed by atoms with van der Waals surface area (Å²) in [7, 11) is 0. The first-order valence-electron chi connectivity index (χ1n) is 12.2. The Morgan fingerprint density at radius 1 is 1.06 bits per heavy atom. The molecule has 2 atom stereocenters. The van der Waals surface area contributed by atoms with Crippen LogP contribution in [0.1, 0.15) is 36.3 Å². The molecule has 8 nitrogen and oxygen atoms in total. The number of hydrogen-bond donors (Lipinski definition) is 2. The van der Waals surface area contributed by atoms with E-state index < -0.39 is 24.1 Å². The summed E-state index contributed by atoms with van der Waals surface area (Å²) in [5.41, 5.74) is 4.62. The van der Waals surface area contributed by atoms with Crippen molar-refractivity contribution in [3.8, 4) is 11.1 Å². The third kappa shape index (κ3) is 4.75. The lowest BCUT2D eigenvalue weighted by Crippen LogP contribution is -2.53. The van der Waals surface area contributed by atoms with E-state index in [0.29, 0.717) is 6.54 Å². The van der Waals surface area contributed by atoms with E-state index in [1.807, 2.05) is 24.3 Å². The maximum Gasteiger partial charge on any atom is 0.407 e. The van der Waals surface area contributed by atoms with E-state index in [1.54, 1.807) is 4.90 Å². The molecule has 1 heterocycles. The lowest BCUT2D eigenvalue weighted by Gasteiger charge is -2.38. The smallest absolute Gasteiger partial charge is 0.407 e. The number of carboxylic acid groups (broad SMARTS) is 1. The van der Waals surface area contributed by atoms with Gasteiger partial charge in [-0.3, -0.25) is 4.79 Å². The summed E-state index contributed by atoms with van der Waals surface area (Å²) in [5.74, 6) is -1.43. The van der Waals surface area contributed by atoms with Crippen LogP contribution in [0.25, 0.3) is 11.1 Å². The highest BCUT2D eigenvalue weighted by Gasteiger charge is 2.38. The van der Waals surface area contributed by atoms with Gasteiger partial charge in [-0.1, -0.05) is 55.0 Å². The Balaban J connectivity index is 1.20. The standard InChI is InChI=1S/C27H30N2O6/c30-25(29-12-13-34-24(15-29)26(31)32)22(17-6-5-7-17)14-28-27(33)35-16-23-20-10-3-1-8-18(20)19-9-2-4-11-21(19)23/h1-4,8-11,17,22-24H,5-7,12-16H2,(H,28,33)(H,31,32). The van der Waals surface area contributed by atoms with Crippen molar-refractivity contribution in [1.82, 2.24) is 10.2 Å². The SMILES string of the molecule is O=C(NCC(C(=O)N1CCOC(C(=O)O)C1)C1CCC1)OCC1c2ccccc2-c2ccccc21. The lowest BCUT2D eigenvalue weighted by molar-refractivity contribution is -0.161. The maximum atomic E-state index is 13.2. The predicted molar refractivity (Wildman–Crippen MR) is 128 cm³/mol. The molecule has 1 saturated heterocycles. The molecule has 2 aromatic carbocycles. The molecule has 5 rings (SSSR count). The van der Waals surface area contributed by atoms with E-state index in [9.17, 15) is 19.5 Å². The Kier molecular flexibility index (Phi) is 6.72. The molecule has 8 heteroatoms. The number of carbonyl (C=O) groups is 3. The average Bonchev–Trinajstić information content (AvgIpc) is 3.17. The zero-order valence-electron chi connectivity index (χ0n) is 19.5. The van der Waals surface area contributed by atoms with Crippen LogP contribution in [-0.4, -0.2) is 66.9 Å². The van der Waals surface area contributed by atoms with Crippen molar-refractivity contribution >= 4 is 18.0 Å². The number of carbonyl (C=O) groups excluding carboxylic acids is 2.